The summed E-state index contributed by atoms with van der Waals surface area (Å²) in [5, 5.41) is 39.7. The van der Waals surface area contributed by atoms with E-state index in [0.29, 0.717) is 29.9 Å². The summed E-state index contributed by atoms with van der Waals surface area (Å²) in [4.78, 5) is 0. The predicted molar refractivity (Wildman–Crippen MR) is 128 cm³/mol. The minimum atomic E-state index is -0.534. The highest BCUT2D eigenvalue weighted by molar-refractivity contribution is 5.52. The van der Waals surface area contributed by atoms with E-state index in [0.717, 1.165) is 12.8 Å². The third-order valence-corrected chi connectivity index (χ3v) is 6.32. The summed E-state index contributed by atoms with van der Waals surface area (Å²) in [6.45, 7) is 2.82. The van der Waals surface area contributed by atoms with Crippen molar-refractivity contribution >= 4 is 0 Å². The van der Waals surface area contributed by atoms with E-state index < -0.39 is 6.10 Å². The number of rotatable bonds is 13. The highest BCUT2D eigenvalue weighted by Gasteiger charge is 2.34. The van der Waals surface area contributed by atoms with Crippen LogP contribution in [0, 0.1) is 0 Å². The van der Waals surface area contributed by atoms with Crippen LogP contribution >= 0.6 is 0 Å². The van der Waals surface area contributed by atoms with Crippen molar-refractivity contribution in [2.75, 3.05) is 6.61 Å². The first kappa shape index (κ1) is 25.0. The molecule has 1 heterocycles. The summed E-state index contributed by atoms with van der Waals surface area (Å²) in [6, 6.07) is 7.34. The molecule has 0 bridgehead atoms. The Labute approximate surface area is 196 Å². The fourth-order valence-electron chi connectivity index (χ4n) is 4.42. The van der Waals surface area contributed by atoms with Crippen molar-refractivity contribution in [3.05, 3.63) is 41.5 Å². The molecule has 0 spiro atoms. The Kier molecular flexibility index (Phi) is 9.55. The fourth-order valence-corrected chi connectivity index (χ4v) is 4.42. The topological polar surface area (TPSA) is 99.4 Å². The molecule has 2 aromatic rings. The van der Waals surface area contributed by atoms with Crippen LogP contribution in [0.15, 0.2) is 30.3 Å². The van der Waals surface area contributed by atoms with Crippen molar-refractivity contribution in [1.82, 2.24) is 0 Å². The molecule has 0 amide bonds. The van der Waals surface area contributed by atoms with Crippen LogP contribution in [0.4, 0.5) is 0 Å². The summed E-state index contributed by atoms with van der Waals surface area (Å²) < 4.78 is 12.3. The van der Waals surface area contributed by atoms with E-state index in [9.17, 15) is 20.4 Å². The van der Waals surface area contributed by atoms with Crippen molar-refractivity contribution in [1.29, 1.82) is 0 Å². The number of phenolic OH excluding ortho intramolecular Hbond substituents is 4. The average Bonchev–Trinajstić information content (AvgIpc) is 2.79. The van der Waals surface area contributed by atoms with Crippen molar-refractivity contribution in [3.8, 4) is 28.7 Å². The molecule has 6 nitrogen and oxygen atoms in total. The lowest BCUT2D eigenvalue weighted by Crippen LogP contribution is -2.33. The van der Waals surface area contributed by atoms with Gasteiger partial charge in [0.25, 0.3) is 0 Å². The van der Waals surface area contributed by atoms with Gasteiger partial charge in [0.15, 0.2) is 17.6 Å². The molecule has 4 N–H and O–H groups in total. The third-order valence-electron chi connectivity index (χ3n) is 6.32. The Bertz CT molecular complexity index is 881. The molecule has 1 aliphatic heterocycles. The number of phenols is 4. The Balaban J connectivity index is 1.53. The van der Waals surface area contributed by atoms with Crippen molar-refractivity contribution < 1.29 is 29.9 Å². The monoisotopic (exact) mass is 458 g/mol. The van der Waals surface area contributed by atoms with Gasteiger partial charge in [0, 0.05) is 30.7 Å². The summed E-state index contributed by atoms with van der Waals surface area (Å²) in [7, 11) is 0. The lowest BCUT2D eigenvalue weighted by atomic mass is 9.93. The van der Waals surface area contributed by atoms with Crippen LogP contribution in [0.5, 0.6) is 28.7 Å². The number of hydrogen-bond donors (Lipinski definition) is 4. The molecule has 182 valence electrons. The number of unbranched alkanes of at least 4 members (excludes halogenated alkanes) is 9. The van der Waals surface area contributed by atoms with Gasteiger partial charge < -0.3 is 29.9 Å². The first-order chi connectivity index (χ1) is 16.0. The smallest absolute Gasteiger partial charge is 0.157 e. The molecule has 0 radical (unpaired) electrons. The maximum atomic E-state index is 10.3. The number of benzene rings is 2. The van der Waals surface area contributed by atoms with Gasteiger partial charge in [-0.3, -0.25) is 0 Å². The van der Waals surface area contributed by atoms with E-state index in [4.69, 9.17) is 9.47 Å². The quantitative estimate of drug-likeness (QED) is 0.202. The highest BCUT2D eigenvalue weighted by atomic mass is 16.5. The minimum Gasteiger partial charge on any atom is -0.508 e. The molecule has 0 fully saturated rings. The van der Waals surface area contributed by atoms with E-state index in [1.54, 1.807) is 6.07 Å². The van der Waals surface area contributed by atoms with Crippen molar-refractivity contribution in [2.45, 2.75) is 89.8 Å². The molecule has 2 aromatic carbocycles. The second-order valence-corrected chi connectivity index (χ2v) is 9.02. The van der Waals surface area contributed by atoms with Gasteiger partial charge in [-0.1, -0.05) is 70.8 Å². The van der Waals surface area contributed by atoms with Gasteiger partial charge in [-0.15, -0.1) is 0 Å². The van der Waals surface area contributed by atoms with Crippen LogP contribution in [0.1, 0.15) is 88.4 Å². The predicted octanol–water partition coefficient (Wildman–Crippen LogP) is 6.49. The molecule has 0 unspecified atom stereocenters. The molecule has 2 atom stereocenters. The zero-order valence-corrected chi connectivity index (χ0v) is 19.6. The maximum Gasteiger partial charge on any atom is 0.157 e. The Morgan fingerprint density at radius 1 is 0.788 bits per heavy atom. The van der Waals surface area contributed by atoms with Gasteiger partial charge in [0.1, 0.15) is 23.4 Å². The normalized spacial score (nSPS) is 17.5. The summed E-state index contributed by atoms with van der Waals surface area (Å²) in [6.07, 6.45) is 12.0. The molecule has 0 saturated heterocycles. The Morgan fingerprint density at radius 3 is 2.12 bits per heavy atom. The first-order valence-corrected chi connectivity index (χ1v) is 12.3. The van der Waals surface area contributed by atoms with E-state index in [2.05, 4.69) is 6.92 Å². The second kappa shape index (κ2) is 12.6. The number of fused-ring (bicyclic) bond motifs is 1. The van der Waals surface area contributed by atoms with Crippen LogP contribution in [0.2, 0.25) is 0 Å². The number of ether oxygens (including phenoxy) is 2. The molecule has 33 heavy (non-hydrogen) atoms. The second-order valence-electron chi connectivity index (χ2n) is 9.02. The van der Waals surface area contributed by atoms with E-state index in [1.165, 1.54) is 75.6 Å². The molecule has 0 aliphatic carbocycles. The van der Waals surface area contributed by atoms with E-state index >= 15 is 0 Å². The summed E-state index contributed by atoms with van der Waals surface area (Å²) in [5.41, 5.74) is 1.26. The van der Waals surface area contributed by atoms with Gasteiger partial charge in [-0.2, -0.15) is 0 Å². The van der Waals surface area contributed by atoms with Gasteiger partial charge in [-0.25, -0.2) is 0 Å². The minimum absolute atomic E-state index is 0.0236. The lowest BCUT2D eigenvalue weighted by Gasteiger charge is -2.34. The molecular weight excluding hydrogens is 420 g/mol. The zero-order valence-electron chi connectivity index (χ0n) is 19.6. The molecule has 3 rings (SSSR count). The van der Waals surface area contributed by atoms with Crippen LogP contribution < -0.4 is 4.74 Å². The maximum absolute atomic E-state index is 10.3. The highest BCUT2D eigenvalue weighted by Crippen LogP contribution is 2.43. The Hall–Kier alpha value is -2.60. The van der Waals surface area contributed by atoms with E-state index in [1.807, 2.05) is 0 Å². The average molecular weight is 459 g/mol. The van der Waals surface area contributed by atoms with Gasteiger partial charge in [-0.05, 0) is 24.1 Å². The zero-order chi connectivity index (χ0) is 23.6. The standard InChI is InChI=1S/C27H38O6/c1-2-3-4-5-6-7-8-9-10-11-14-32-26-18-21-23(30)16-20(28)17-25(21)33-27(26)19-12-13-22(29)24(31)15-19/h12-13,15-17,26-31H,2-11,14,18H2,1H3/t26-,27+/m1/s1. The molecule has 0 saturated carbocycles. The number of aromatic hydroxyl groups is 4. The van der Waals surface area contributed by atoms with Gasteiger partial charge >= 0.3 is 0 Å². The summed E-state index contributed by atoms with van der Waals surface area (Å²) in [5.74, 6) is -0.140. The van der Waals surface area contributed by atoms with Crippen LogP contribution in [-0.4, -0.2) is 33.1 Å². The fraction of sp³-hybridized carbons (Fsp3) is 0.556. The summed E-state index contributed by atoms with van der Waals surface area (Å²) >= 11 is 0. The van der Waals surface area contributed by atoms with E-state index in [-0.39, 0.29) is 29.1 Å². The molecular formula is C27H38O6. The molecule has 1 aliphatic rings. The van der Waals surface area contributed by atoms with Crippen LogP contribution in [0.3, 0.4) is 0 Å². The van der Waals surface area contributed by atoms with Gasteiger partial charge in [0.2, 0.25) is 0 Å². The lowest BCUT2D eigenvalue weighted by molar-refractivity contribution is -0.0393. The van der Waals surface area contributed by atoms with Crippen LogP contribution in [-0.2, 0) is 11.2 Å². The number of hydrogen-bond acceptors (Lipinski definition) is 6. The SMILES string of the molecule is CCCCCCCCCCCCO[C@@H]1Cc2c(O)cc(O)cc2O[C@H]1c1ccc(O)c(O)c1. The molecule has 0 aromatic heterocycles. The van der Waals surface area contributed by atoms with Crippen molar-refractivity contribution in [2.24, 2.45) is 0 Å². The first-order valence-electron chi connectivity index (χ1n) is 12.3. The largest absolute Gasteiger partial charge is 0.508 e. The van der Waals surface area contributed by atoms with Crippen molar-refractivity contribution in [3.63, 3.8) is 0 Å². The van der Waals surface area contributed by atoms with Gasteiger partial charge in [0.05, 0.1) is 0 Å². The Morgan fingerprint density at radius 2 is 1.45 bits per heavy atom. The third kappa shape index (κ3) is 7.19. The van der Waals surface area contributed by atoms with Crippen LogP contribution in [0.25, 0.3) is 0 Å². The molecule has 6 heteroatoms.